The summed E-state index contributed by atoms with van der Waals surface area (Å²) in [5, 5.41) is 10.9. The van der Waals surface area contributed by atoms with Crippen LogP contribution in [0.1, 0.15) is 41.4 Å². The second kappa shape index (κ2) is 12.5. The third kappa shape index (κ3) is 6.97. The standard InChI is InChI=1S/C25H26Cl2FN5O3.C2HF3O2/c1-25(5-2-6-30-25)24(36)32-9-7-31(8-10-32)23(35)17-12-15(3-4-19(17)28)11-16-14-29-22(34)20-13-18(26)21(27)33(16)20;3-2(4,5)1(6)7/h3-4,12-14,30H,2,5-11H2,1H3,(H,29,34);(H,6,7). The first kappa shape index (κ1) is 32.3. The molecule has 1 aromatic carbocycles. The number of aliphatic carboxylic acids is 1. The molecule has 3 N–H and O–H groups in total. The van der Waals surface area contributed by atoms with Gasteiger partial charge >= 0.3 is 12.1 Å². The highest BCUT2D eigenvalue weighted by molar-refractivity contribution is 6.42. The number of benzene rings is 1. The van der Waals surface area contributed by atoms with Crippen molar-refractivity contribution in [1.29, 1.82) is 0 Å². The Morgan fingerprint density at radius 3 is 2.28 bits per heavy atom. The number of carboxylic acid groups (broad SMARTS) is 1. The fourth-order valence-corrected chi connectivity index (χ4v) is 5.53. The molecule has 1 atom stereocenters. The zero-order valence-corrected chi connectivity index (χ0v) is 24.2. The van der Waals surface area contributed by atoms with Gasteiger partial charge < -0.3 is 25.2 Å². The average molecular weight is 648 g/mol. The summed E-state index contributed by atoms with van der Waals surface area (Å²) < 4.78 is 48.0. The number of amides is 2. The van der Waals surface area contributed by atoms with Crippen LogP contribution in [0.2, 0.25) is 10.2 Å². The average Bonchev–Trinajstić information content (AvgIpc) is 3.54. The van der Waals surface area contributed by atoms with Crippen LogP contribution in [-0.2, 0) is 16.0 Å². The highest BCUT2D eigenvalue weighted by Gasteiger charge is 2.40. The first-order valence-electron chi connectivity index (χ1n) is 13.1. The number of nitrogens with zero attached hydrogens (tertiary/aromatic N) is 3. The van der Waals surface area contributed by atoms with Crippen LogP contribution in [0.5, 0.6) is 0 Å². The van der Waals surface area contributed by atoms with Crippen molar-refractivity contribution < 1.29 is 37.1 Å². The predicted molar refractivity (Wildman–Crippen MR) is 149 cm³/mol. The van der Waals surface area contributed by atoms with Crippen molar-refractivity contribution in [1.82, 2.24) is 24.5 Å². The van der Waals surface area contributed by atoms with E-state index in [2.05, 4.69) is 10.3 Å². The number of aromatic amines is 1. The number of aromatic nitrogens is 2. The molecular weight excluding hydrogens is 621 g/mol. The molecule has 0 spiro atoms. The molecular formula is C27H27Cl2F4N5O5. The van der Waals surface area contributed by atoms with Gasteiger partial charge in [-0.15, -0.1) is 0 Å². The van der Waals surface area contributed by atoms with Crippen LogP contribution in [0.4, 0.5) is 17.6 Å². The minimum absolute atomic E-state index is 0.0333. The largest absolute Gasteiger partial charge is 0.490 e. The minimum Gasteiger partial charge on any atom is -0.475 e. The van der Waals surface area contributed by atoms with Crippen LogP contribution in [0.15, 0.2) is 35.3 Å². The number of piperazine rings is 1. The fraction of sp³-hybridized carbons (Fsp3) is 0.407. The van der Waals surface area contributed by atoms with Gasteiger partial charge in [-0.2, -0.15) is 13.2 Å². The molecule has 0 radical (unpaired) electrons. The quantitative estimate of drug-likeness (QED) is 0.371. The lowest BCUT2D eigenvalue weighted by Crippen LogP contribution is -2.58. The van der Waals surface area contributed by atoms with Crippen molar-refractivity contribution in [2.75, 3.05) is 32.7 Å². The van der Waals surface area contributed by atoms with E-state index < -0.39 is 29.4 Å². The Morgan fingerprint density at radius 1 is 1.07 bits per heavy atom. The summed E-state index contributed by atoms with van der Waals surface area (Å²) in [5.41, 5.74) is 0.685. The van der Waals surface area contributed by atoms with E-state index in [1.165, 1.54) is 24.4 Å². The van der Waals surface area contributed by atoms with Crippen molar-refractivity contribution in [3.63, 3.8) is 0 Å². The van der Waals surface area contributed by atoms with Crippen LogP contribution >= 0.6 is 23.2 Å². The number of rotatable bonds is 4. The van der Waals surface area contributed by atoms with E-state index in [0.29, 0.717) is 43.0 Å². The molecule has 2 aliphatic heterocycles. The lowest BCUT2D eigenvalue weighted by molar-refractivity contribution is -0.192. The summed E-state index contributed by atoms with van der Waals surface area (Å²) in [4.78, 5) is 53.2. The van der Waals surface area contributed by atoms with E-state index in [1.54, 1.807) is 20.3 Å². The molecule has 2 saturated heterocycles. The molecule has 2 fully saturated rings. The predicted octanol–water partition coefficient (Wildman–Crippen LogP) is 3.72. The number of nitrogens with one attached hydrogen (secondary N) is 2. The van der Waals surface area contributed by atoms with Crippen LogP contribution in [0.25, 0.3) is 5.52 Å². The smallest absolute Gasteiger partial charge is 0.475 e. The number of hydrogen-bond acceptors (Lipinski definition) is 5. The normalized spacial score (nSPS) is 18.9. The Bertz CT molecular complexity index is 1610. The van der Waals surface area contributed by atoms with Gasteiger partial charge in [-0.25, -0.2) is 9.18 Å². The SMILES string of the molecule is CC1(C(=O)N2CCN(C(=O)c3cc(Cc4c[nH]c(=O)c5cc(Cl)c(Cl)n45)ccc3F)CC2)CCCN1.O=C(O)C(F)(F)F. The number of H-pyrrole nitrogens is 1. The molecule has 4 heterocycles. The Morgan fingerprint density at radius 2 is 1.70 bits per heavy atom. The van der Waals surface area contributed by atoms with E-state index in [4.69, 9.17) is 33.1 Å². The summed E-state index contributed by atoms with van der Waals surface area (Å²) in [6.45, 7) is 4.23. The van der Waals surface area contributed by atoms with Gasteiger partial charge in [0.05, 0.1) is 16.1 Å². The molecule has 0 bridgehead atoms. The topological polar surface area (TPSA) is 127 Å². The number of carbonyl (C=O) groups is 3. The van der Waals surface area contributed by atoms with E-state index in [9.17, 15) is 31.9 Å². The lowest BCUT2D eigenvalue weighted by atomic mass is 9.98. The number of carbonyl (C=O) groups excluding carboxylic acids is 2. The fourth-order valence-electron chi connectivity index (χ4n) is 5.09. The van der Waals surface area contributed by atoms with Gasteiger partial charge in [0.1, 0.15) is 16.5 Å². The Hall–Kier alpha value is -3.62. The maximum atomic E-state index is 14.7. The second-order valence-corrected chi connectivity index (χ2v) is 11.1. The molecule has 5 rings (SSSR count). The van der Waals surface area contributed by atoms with Gasteiger partial charge in [-0.05, 0) is 50.1 Å². The number of alkyl halides is 3. The number of carboxylic acids is 1. The summed E-state index contributed by atoms with van der Waals surface area (Å²) in [6, 6.07) is 5.87. The van der Waals surface area contributed by atoms with E-state index in [0.717, 1.165) is 19.4 Å². The van der Waals surface area contributed by atoms with Gasteiger partial charge in [0, 0.05) is 44.5 Å². The molecule has 2 aromatic heterocycles. The molecule has 2 aliphatic rings. The van der Waals surface area contributed by atoms with Gasteiger partial charge in [0.15, 0.2) is 0 Å². The van der Waals surface area contributed by atoms with Crippen molar-refractivity contribution in [3.8, 4) is 0 Å². The van der Waals surface area contributed by atoms with E-state index in [-0.39, 0.29) is 33.6 Å². The van der Waals surface area contributed by atoms with Crippen LogP contribution in [0, 0.1) is 5.82 Å². The molecule has 2 amide bonds. The number of hydrogen-bond donors (Lipinski definition) is 3. The second-order valence-electron chi connectivity index (χ2n) is 10.4. The molecule has 0 aliphatic carbocycles. The monoisotopic (exact) mass is 647 g/mol. The highest BCUT2D eigenvalue weighted by atomic mass is 35.5. The first-order chi connectivity index (χ1) is 20.1. The molecule has 0 saturated carbocycles. The van der Waals surface area contributed by atoms with Crippen LogP contribution < -0.4 is 10.9 Å². The Balaban J connectivity index is 0.000000541. The third-order valence-electron chi connectivity index (χ3n) is 7.37. The van der Waals surface area contributed by atoms with E-state index >= 15 is 0 Å². The van der Waals surface area contributed by atoms with Gasteiger partial charge in [0.25, 0.3) is 11.5 Å². The maximum absolute atomic E-state index is 14.7. The zero-order chi connectivity index (χ0) is 31.7. The van der Waals surface area contributed by atoms with Crippen molar-refractivity contribution in [2.45, 2.75) is 37.9 Å². The number of halogens is 6. The summed E-state index contributed by atoms with van der Waals surface area (Å²) in [7, 11) is 0. The number of fused-ring (bicyclic) bond motifs is 1. The summed E-state index contributed by atoms with van der Waals surface area (Å²) >= 11 is 12.4. The Kier molecular flexibility index (Phi) is 9.42. The summed E-state index contributed by atoms with van der Waals surface area (Å²) in [6.07, 6.45) is -1.51. The third-order valence-corrected chi connectivity index (χ3v) is 8.13. The zero-order valence-electron chi connectivity index (χ0n) is 22.7. The van der Waals surface area contributed by atoms with Crippen molar-refractivity contribution in [3.05, 3.63) is 73.6 Å². The molecule has 1 unspecified atom stereocenters. The van der Waals surface area contributed by atoms with Crippen molar-refractivity contribution >= 4 is 46.5 Å². The van der Waals surface area contributed by atoms with Crippen LogP contribution in [-0.4, -0.2) is 86.5 Å². The first-order valence-corrected chi connectivity index (χ1v) is 13.9. The van der Waals surface area contributed by atoms with Gasteiger partial charge in [-0.1, -0.05) is 29.3 Å². The highest BCUT2D eigenvalue weighted by Crippen LogP contribution is 2.27. The van der Waals surface area contributed by atoms with Gasteiger partial charge in [0.2, 0.25) is 5.91 Å². The van der Waals surface area contributed by atoms with Gasteiger partial charge in [-0.3, -0.25) is 18.8 Å². The summed E-state index contributed by atoms with van der Waals surface area (Å²) in [5.74, 6) is -3.73. The van der Waals surface area contributed by atoms with E-state index in [1.807, 2.05) is 6.92 Å². The minimum atomic E-state index is -5.08. The maximum Gasteiger partial charge on any atom is 0.490 e. The molecule has 232 valence electrons. The lowest BCUT2D eigenvalue weighted by Gasteiger charge is -2.38. The molecule has 3 aromatic rings. The van der Waals surface area contributed by atoms with Crippen LogP contribution in [0.3, 0.4) is 0 Å². The molecule has 43 heavy (non-hydrogen) atoms. The Labute approximate surface area is 252 Å². The molecule has 16 heteroatoms. The molecule has 10 nitrogen and oxygen atoms in total. The van der Waals surface area contributed by atoms with Crippen molar-refractivity contribution in [2.24, 2.45) is 0 Å².